The zero-order valence-electron chi connectivity index (χ0n) is 16.3. The van der Waals surface area contributed by atoms with Crippen LogP contribution in [-0.2, 0) is 22.6 Å². The summed E-state index contributed by atoms with van der Waals surface area (Å²) in [6.07, 6.45) is -0.150. The Morgan fingerprint density at radius 3 is 2.25 bits per heavy atom. The molecule has 0 spiro atoms. The summed E-state index contributed by atoms with van der Waals surface area (Å²) in [4.78, 5) is 37.8. The van der Waals surface area contributed by atoms with E-state index in [-0.39, 0.29) is 36.5 Å². The number of para-hydroxylation sites is 1. The number of amides is 2. The lowest BCUT2D eigenvalue weighted by Crippen LogP contribution is -2.49. The Balaban J connectivity index is 2.28. The minimum Gasteiger partial charge on any atom is -0.352 e. The summed E-state index contributed by atoms with van der Waals surface area (Å²) in [5, 5.41) is 14.1. The van der Waals surface area contributed by atoms with Gasteiger partial charge in [0.15, 0.2) is 0 Å². The number of nitrogens with one attached hydrogen (secondary N) is 1. The van der Waals surface area contributed by atoms with Gasteiger partial charge >= 0.3 is 0 Å². The van der Waals surface area contributed by atoms with Gasteiger partial charge in [0, 0.05) is 24.2 Å². The highest BCUT2D eigenvalue weighted by Gasteiger charge is 2.28. The maximum Gasteiger partial charge on any atom is 0.273 e. The minimum absolute atomic E-state index is 0.0566. The van der Waals surface area contributed by atoms with E-state index in [1.54, 1.807) is 25.1 Å². The van der Waals surface area contributed by atoms with E-state index in [1.807, 2.05) is 44.2 Å². The second-order valence-corrected chi connectivity index (χ2v) is 6.91. The first kappa shape index (κ1) is 21.1. The highest BCUT2D eigenvalue weighted by atomic mass is 16.6. The van der Waals surface area contributed by atoms with E-state index >= 15 is 0 Å². The maximum absolute atomic E-state index is 13.0. The summed E-state index contributed by atoms with van der Waals surface area (Å²) in [5.74, 6) is -0.605. The van der Waals surface area contributed by atoms with Gasteiger partial charge in [-0.15, -0.1) is 0 Å². The SMILES string of the molecule is CC(C)NC(=O)[C@@H](C)N(Cc1ccccc1)C(=O)Cc1ccccc1[N+](=O)[O-]. The molecule has 0 heterocycles. The van der Waals surface area contributed by atoms with Crippen molar-refractivity contribution in [1.29, 1.82) is 0 Å². The number of hydrogen-bond donors (Lipinski definition) is 1. The molecule has 7 nitrogen and oxygen atoms in total. The Morgan fingerprint density at radius 2 is 1.64 bits per heavy atom. The smallest absolute Gasteiger partial charge is 0.273 e. The summed E-state index contributed by atoms with van der Waals surface area (Å²) < 4.78 is 0. The summed E-state index contributed by atoms with van der Waals surface area (Å²) in [6, 6.07) is 14.7. The number of nitrogens with zero attached hydrogens (tertiary/aromatic N) is 2. The van der Waals surface area contributed by atoms with Crippen LogP contribution in [0.4, 0.5) is 5.69 Å². The Hall–Kier alpha value is -3.22. The van der Waals surface area contributed by atoms with Gasteiger partial charge in [0.1, 0.15) is 6.04 Å². The third kappa shape index (κ3) is 5.64. The van der Waals surface area contributed by atoms with E-state index < -0.39 is 11.0 Å². The molecule has 0 saturated carbocycles. The Morgan fingerprint density at radius 1 is 1.04 bits per heavy atom. The van der Waals surface area contributed by atoms with Crippen LogP contribution >= 0.6 is 0 Å². The molecule has 0 unspecified atom stereocenters. The largest absolute Gasteiger partial charge is 0.352 e. The average Bonchev–Trinajstić information content (AvgIpc) is 2.66. The average molecular weight is 383 g/mol. The van der Waals surface area contributed by atoms with Gasteiger partial charge in [-0.05, 0) is 26.3 Å². The molecule has 2 rings (SSSR count). The minimum atomic E-state index is -0.710. The van der Waals surface area contributed by atoms with Crippen molar-refractivity contribution < 1.29 is 14.5 Å². The van der Waals surface area contributed by atoms with Crippen LogP contribution in [0, 0.1) is 10.1 Å². The van der Waals surface area contributed by atoms with E-state index in [1.165, 1.54) is 11.0 Å². The van der Waals surface area contributed by atoms with Crippen LogP contribution in [0.5, 0.6) is 0 Å². The predicted molar refractivity (Wildman–Crippen MR) is 107 cm³/mol. The van der Waals surface area contributed by atoms with Gasteiger partial charge < -0.3 is 10.2 Å². The van der Waals surface area contributed by atoms with Gasteiger partial charge in [0.2, 0.25) is 11.8 Å². The third-order valence-electron chi connectivity index (χ3n) is 4.32. The third-order valence-corrected chi connectivity index (χ3v) is 4.32. The second kappa shape index (κ2) is 9.64. The van der Waals surface area contributed by atoms with E-state index in [9.17, 15) is 19.7 Å². The molecular formula is C21H25N3O4. The summed E-state index contributed by atoms with van der Waals surface area (Å²) in [6.45, 7) is 5.60. The molecule has 2 aromatic carbocycles. The van der Waals surface area contributed by atoms with Crippen LogP contribution in [-0.4, -0.2) is 33.7 Å². The molecule has 28 heavy (non-hydrogen) atoms. The molecular weight excluding hydrogens is 358 g/mol. The number of hydrogen-bond acceptors (Lipinski definition) is 4. The zero-order chi connectivity index (χ0) is 20.7. The first-order valence-electron chi connectivity index (χ1n) is 9.15. The topological polar surface area (TPSA) is 92.6 Å². The molecule has 0 aliphatic rings. The van der Waals surface area contributed by atoms with Crippen molar-refractivity contribution in [1.82, 2.24) is 10.2 Å². The molecule has 1 N–H and O–H groups in total. The van der Waals surface area contributed by atoms with Crippen molar-refractivity contribution in [3.63, 3.8) is 0 Å². The van der Waals surface area contributed by atoms with Crippen molar-refractivity contribution in [3.8, 4) is 0 Å². The summed E-state index contributed by atoms with van der Waals surface area (Å²) in [7, 11) is 0. The van der Waals surface area contributed by atoms with Gasteiger partial charge in [-0.2, -0.15) is 0 Å². The zero-order valence-corrected chi connectivity index (χ0v) is 16.3. The van der Waals surface area contributed by atoms with Gasteiger partial charge in [0.05, 0.1) is 11.3 Å². The van der Waals surface area contributed by atoms with Gasteiger partial charge in [0.25, 0.3) is 5.69 Å². The van der Waals surface area contributed by atoms with Crippen LogP contribution in [0.15, 0.2) is 54.6 Å². The fourth-order valence-electron chi connectivity index (χ4n) is 2.87. The van der Waals surface area contributed by atoms with Crippen molar-refractivity contribution in [2.24, 2.45) is 0 Å². The molecule has 0 saturated heterocycles. The van der Waals surface area contributed by atoms with Gasteiger partial charge in [-0.25, -0.2) is 0 Å². The first-order chi connectivity index (χ1) is 13.3. The number of nitro benzene ring substituents is 1. The van der Waals surface area contributed by atoms with E-state index in [0.29, 0.717) is 5.56 Å². The van der Waals surface area contributed by atoms with Crippen LogP contribution in [0.2, 0.25) is 0 Å². The molecule has 0 aliphatic heterocycles. The van der Waals surface area contributed by atoms with Crippen molar-refractivity contribution in [2.75, 3.05) is 0 Å². The summed E-state index contributed by atoms with van der Waals surface area (Å²) >= 11 is 0. The Labute approximate surface area is 164 Å². The molecule has 2 amide bonds. The summed E-state index contributed by atoms with van der Waals surface area (Å²) in [5.41, 5.74) is 1.10. The standard InChI is InChI=1S/C21H25N3O4/c1-15(2)22-21(26)16(3)23(14-17-9-5-4-6-10-17)20(25)13-18-11-7-8-12-19(18)24(27)28/h4-12,15-16H,13-14H2,1-3H3,(H,22,26)/t16-/m1/s1. The highest BCUT2D eigenvalue weighted by Crippen LogP contribution is 2.20. The Bertz CT molecular complexity index is 837. The number of carbonyl (C=O) groups is 2. The highest BCUT2D eigenvalue weighted by molar-refractivity contribution is 5.88. The lowest BCUT2D eigenvalue weighted by Gasteiger charge is -2.29. The molecule has 148 valence electrons. The van der Waals surface area contributed by atoms with Crippen molar-refractivity contribution >= 4 is 17.5 Å². The number of nitro groups is 1. The molecule has 0 fully saturated rings. The van der Waals surface area contributed by atoms with Gasteiger partial charge in [-0.1, -0.05) is 48.5 Å². The number of benzene rings is 2. The fraction of sp³-hybridized carbons (Fsp3) is 0.333. The van der Waals surface area contributed by atoms with E-state index in [2.05, 4.69) is 5.32 Å². The second-order valence-electron chi connectivity index (χ2n) is 6.91. The molecule has 2 aromatic rings. The maximum atomic E-state index is 13.0. The normalized spacial score (nSPS) is 11.7. The van der Waals surface area contributed by atoms with Gasteiger partial charge in [-0.3, -0.25) is 19.7 Å². The van der Waals surface area contributed by atoms with Crippen molar-refractivity contribution in [3.05, 3.63) is 75.8 Å². The lowest BCUT2D eigenvalue weighted by atomic mass is 10.1. The Kier molecular flexibility index (Phi) is 7.26. The predicted octanol–water partition coefficient (Wildman–Crippen LogP) is 3.08. The molecule has 0 bridgehead atoms. The van der Waals surface area contributed by atoms with Crippen LogP contribution < -0.4 is 5.32 Å². The van der Waals surface area contributed by atoms with Crippen molar-refractivity contribution in [2.45, 2.75) is 45.8 Å². The van der Waals surface area contributed by atoms with E-state index in [0.717, 1.165) is 5.56 Å². The molecule has 0 radical (unpaired) electrons. The fourth-order valence-corrected chi connectivity index (χ4v) is 2.87. The monoisotopic (exact) mass is 383 g/mol. The molecule has 1 atom stereocenters. The number of carbonyl (C=O) groups excluding carboxylic acids is 2. The van der Waals surface area contributed by atoms with E-state index in [4.69, 9.17) is 0 Å². The first-order valence-corrected chi connectivity index (χ1v) is 9.15. The van der Waals surface area contributed by atoms with Crippen LogP contribution in [0.1, 0.15) is 31.9 Å². The lowest BCUT2D eigenvalue weighted by molar-refractivity contribution is -0.385. The van der Waals surface area contributed by atoms with Crippen LogP contribution in [0.3, 0.4) is 0 Å². The molecule has 0 aliphatic carbocycles. The molecule has 7 heteroatoms. The molecule has 0 aromatic heterocycles. The number of rotatable bonds is 8. The van der Waals surface area contributed by atoms with Crippen LogP contribution in [0.25, 0.3) is 0 Å². The quantitative estimate of drug-likeness (QED) is 0.560.